The molecular weight excluding hydrogens is 376 g/mol. The van der Waals surface area contributed by atoms with Crippen LogP contribution < -0.4 is 0 Å². The third-order valence-corrected chi connectivity index (χ3v) is 6.87. The molecule has 2 rings (SSSR count). The highest BCUT2D eigenvalue weighted by atomic mass is 15.0. The lowest BCUT2D eigenvalue weighted by Crippen LogP contribution is -2.26. The van der Waals surface area contributed by atoms with Gasteiger partial charge in [-0.2, -0.15) is 0 Å². The summed E-state index contributed by atoms with van der Waals surface area (Å²) in [5.41, 5.74) is 1.44. The molecule has 1 aliphatic heterocycles. The van der Waals surface area contributed by atoms with E-state index in [4.69, 9.17) is 0 Å². The lowest BCUT2D eigenvalue weighted by Gasteiger charge is -2.29. The van der Waals surface area contributed by atoms with Crippen LogP contribution in [0.4, 0.5) is 0 Å². The number of aliphatic imine (C=N–C) groups is 2. The summed E-state index contributed by atoms with van der Waals surface area (Å²) in [6.45, 7) is 7.03. The van der Waals surface area contributed by atoms with Gasteiger partial charge in [-0.3, -0.25) is 0 Å². The molecule has 0 fully saturated rings. The zero-order chi connectivity index (χ0) is 22.2. The SMILES string of the molecule is CCCCCCCCCCCCCCC([C+]1N=CC=N1)C(Cc1ccccc1)C(C)C. The van der Waals surface area contributed by atoms with Gasteiger partial charge in [0.2, 0.25) is 6.17 Å². The van der Waals surface area contributed by atoms with Crippen molar-refractivity contribution in [3.8, 4) is 0 Å². The maximum Gasteiger partial charge on any atom is 0.244 e. The molecular formula is C29H47N2+. The van der Waals surface area contributed by atoms with E-state index in [1.807, 2.05) is 12.4 Å². The molecule has 0 bridgehead atoms. The van der Waals surface area contributed by atoms with Gasteiger partial charge < -0.3 is 0 Å². The fourth-order valence-electron chi connectivity index (χ4n) is 4.91. The predicted octanol–water partition coefficient (Wildman–Crippen LogP) is 8.85. The molecule has 0 radical (unpaired) electrons. The Morgan fingerprint density at radius 2 is 1.23 bits per heavy atom. The highest BCUT2D eigenvalue weighted by molar-refractivity contribution is 6.18. The van der Waals surface area contributed by atoms with Crippen LogP contribution in [-0.2, 0) is 6.42 Å². The van der Waals surface area contributed by atoms with Crippen molar-refractivity contribution in [1.29, 1.82) is 0 Å². The predicted molar refractivity (Wildman–Crippen MR) is 138 cm³/mol. The first kappa shape index (κ1) is 25.7. The molecule has 2 heteroatoms. The van der Waals surface area contributed by atoms with E-state index in [0.717, 1.165) is 12.6 Å². The number of hydrogen-bond acceptors (Lipinski definition) is 2. The van der Waals surface area contributed by atoms with Crippen LogP contribution in [0.5, 0.6) is 0 Å². The Hall–Kier alpha value is -1.57. The summed E-state index contributed by atoms with van der Waals surface area (Å²) in [6.07, 6.45) is 24.0. The van der Waals surface area contributed by atoms with Gasteiger partial charge in [0.1, 0.15) is 0 Å². The molecule has 0 amide bonds. The maximum atomic E-state index is 4.63. The molecule has 0 aliphatic carbocycles. The average molecular weight is 424 g/mol. The highest BCUT2D eigenvalue weighted by Crippen LogP contribution is 2.37. The van der Waals surface area contributed by atoms with Crippen molar-refractivity contribution in [3.63, 3.8) is 0 Å². The average Bonchev–Trinajstić information content (AvgIpc) is 3.31. The Balaban J connectivity index is 1.70. The van der Waals surface area contributed by atoms with Crippen molar-refractivity contribution in [3.05, 3.63) is 42.1 Å². The molecule has 172 valence electrons. The van der Waals surface area contributed by atoms with Crippen molar-refractivity contribution in [2.24, 2.45) is 27.7 Å². The Morgan fingerprint density at radius 1 is 0.710 bits per heavy atom. The van der Waals surface area contributed by atoms with Gasteiger partial charge in [-0.15, -0.1) is 0 Å². The Kier molecular flexibility index (Phi) is 13.4. The van der Waals surface area contributed by atoms with Crippen molar-refractivity contribution in [1.82, 2.24) is 0 Å². The van der Waals surface area contributed by atoms with E-state index in [1.165, 1.54) is 89.0 Å². The molecule has 2 nitrogen and oxygen atoms in total. The second kappa shape index (κ2) is 16.1. The summed E-state index contributed by atoms with van der Waals surface area (Å²) in [5, 5.41) is 0. The van der Waals surface area contributed by atoms with Crippen LogP contribution in [0.25, 0.3) is 0 Å². The van der Waals surface area contributed by atoms with Gasteiger partial charge in [-0.25, -0.2) is 0 Å². The van der Waals surface area contributed by atoms with Crippen LogP contribution in [0.3, 0.4) is 0 Å². The third kappa shape index (κ3) is 10.5. The summed E-state index contributed by atoms with van der Waals surface area (Å²) in [6, 6.07) is 11.0. The maximum absolute atomic E-state index is 4.63. The summed E-state index contributed by atoms with van der Waals surface area (Å²) in [4.78, 5) is 9.25. The number of rotatable bonds is 18. The first-order valence-corrected chi connectivity index (χ1v) is 13.2. The minimum atomic E-state index is 0.471. The largest absolute Gasteiger partial charge is 0.244 e. The molecule has 0 spiro atoms. The summed E-state index contributed by atoms with van der Waals surface area (Å²) in [7, 11) is 0. The summed E-state index contributed by atoms with van der Waals surface area (Å²) >= 11 is 0. The smallest absolute Gasteiger partial charge is 0.0965 e. The number of benzene rings is 1. The van der Waals surface area contributed by atoms with Gasteiger partial charge in [0.15, 0.2) is 12.4 Å². The second-order valence-electron chi connectivity index (χ2n) is 9.80. The minimum absolute atomic E-state index is 0.471. The molecule has 0 aromatic heterocycles. The topological polar surface area (TPSA) is 24.7 Å². The van der Waals surface area contributed by atoms with E-state index in [-0.39, 0.29) is 0 Å². The van der Waals surface area contributed by atoms with Crippen molar-refractivity contribution >= 4 is 12.4 Å². The molecule has 1 aromatic carbocycles. The fourth-order valence-corrected chi connectivity index (χ4v) is 4.91. The van der Waals surface area contributed by atoms with Crippen molar-refractivity contribution in [2.45, 2.75) is 111 Å². The van der Waals surface area contributed by atoms with Gasteiger partial charge in [-0.1, -0.05) is 138 Å². The van der Waals surface area contributed by atoms with Crippen LogP contribution in [0.15, 0.2) is 40.3 Å². The van der Waals surface area contributed by atoms with Crippen LogP contribution in [0.1, 0.15) is 110 Å². The zero-order valence-electron chi connectivity index (χ0n) is 20.6. The van der Waals surface area contributed by atoms with Gasteiger partial charge in [0.05, 0.1) is 5.92 Å². The van der Waals surface area contributed by atoms with E-state index in [0.29, 0.717) is 17.8 Å². The summed E-state index contributed by atoms with van der Waals surface area (Å²) < 4.78 is 0. The van der Waals surface area contributed by atoms with Crippen LogP contribution in [0, 0.1) is 23.9 Å². The van der Waals surface area contributed by atoms with Crippen LogP contribution in [-0.4, -0.2) is 12.4 Å². The van der Waals surface area contributed by atoms with E-state index in [2.05, 4.69) is 61.1 Å². The van der Waals surface area contributed by atoms with Crippen LogP contribution >= 0.6 is 0 Å². The molecule has 2 unspecified atom stereocenters. The van der Waals surface area contributed by atoms with Gasteiger partial charge in [0, 0.05) is 0 Å². The van der Waals surface area contributed by atoms with Gasteiger partial charge in [0.25, 0.3) is 0 Å². The molecule has 0 N–H and O–H groups in total. The fraction of sp³-hybridized carbons (Fsp3) is 0.690. The Labute approximate surface area is 193 Å². The zero-order valence-corrected chi connectivity index (χ0v) is 20.6. The number of hydrogen-bond donors (Lipinski definition) is 0. The first-order chi connectivity index (χ1) is 15.2. The normalized spacial score (nSPS) is 15.2. The molecule has 1 heterocycles. The van der Waals surface area contributed by atoms with Crippen molar-refractivity contribution in [2.75, 3.05) is 0 Å². The lowest BCUT2D eigenvalue weighted by atomic mass is 9.75. The Morgan fingerprint density at radius 3 is 1.74 bits per heavy atom. The van der Waals surface area contributed by atoms with E-state index < -0.39 is 0 Å². The van der Waals surface area contributed by atoms with Crippen LogP contribution in [0.2, 0.25) is 0 Å². The van der Waals surface area contributed by atoms with Crippen molar-refractivity contribution < 1.29 is 0 Å². The molecule has 0 saturated carbocycles. The number of nitrogens with zero attached hydrogens (tertiary/aromatic N) is 2. The standard InChI is InChI=1S/C29H47N2/c1-4-5-6-7-8-9-10-11-12-13-14-18-21-27(29-30-22-23-31-29)28(25(2)3)24-26-19-16-15-17-20-26/h15-17,19-20,22-23,25,27-28H,4-14,18,21,24H2,1-3H3/q+1. The second-order valence-corrected chi connectivity index (χ2v) is 9.80. The quantitative estimate of drug-likeness (QED) is 0.166. The number of unbranched alkanes of at least 4 members (excludes halogenated alkanes) is 11. The molecule has 0 saturated heterocycles. The first-order valence-electron chi connectivity index (χ1n) is 13.2. The highest BCUT2D eigenvalue weighted by Gasteiger charge is 2.36. The lowest BCUT2D eigenvalue weighted by molar-refractivity contribution is 0.240. The summed E-state index contributed by atoms with van der Waals surface area (Å²) in [5.74, 6) is 1.69. The van der Waals surface area contributed by atoms with E-state index >= 15 is 0 Å². The monoisotopic (exact) mass is 423 g/mol. The minimum Gasteiger partial charge on any atom is -0.0965 e. The Bertz CT molecular complexity index is 592. The van der Waals surface area contributed by atoms with Gasteiger partial charge >= 0.3 is 0 Å². The molecule has 1 aliphatic rings. The van der Waals surface area contributed by atoms with E-state index in [1.54, 1.807) is 0 Å². The molecule has 2 atom stereocenters. The third-order valence-electron chi connectivity index (χ3n) is 6.87. The molecule has 1 aromatic rings. The molecule has 31 heavy (non-hydrogen) atoms. The van der Waals surface area contributed by atoms with Gasteiger partial charge in [-0.05, 0) is 30.2 Å². The van der Waals surface area contributed by atoms with E-state index in [9.17, 15) is 0 Å².